The average Bonchev–Trinajstić information content (AvgIpc) is 2.51. The SMILES string of the molecule is Cl.NC1CCCC(C(=O)NCCOc2ccccc2C(F)(F)F)C1. The minimum Gasteiger partial charge on any atom is -0.491 e. The van der Waals surface area contributed by atoms with Crippen LogP contribution >= 0.6 is 12.4 Å². The predicted molar refractivity (Wildman–Crippen MR) is 87.1 cm³/mol. The maximum Gasteiger partial charge on any atom is 0.419 e. The summed E-state index contributed by atoms with van der Waals surface area (Å²) in [5, 5.41) is 2.70. The van der Waals surface area contributed by atoms with E-state index in [1.54, 1.807) is 0 Å². The minimum atomic E-state index is -4.46. The summed E-state index contributed by atoms with van der Waals surface area (Å²) < 4.78 is 43.6. The zero-order chi connectivity index (χ0) is 16.9. The Morgan fingerprint density at radius 3 is 2.67 bits per heavy atom. The van der Waals surface area contributed by atoms with Crippen molar-refractivity contribution >= 4 is 18.3 Å². The van der Waals surface area contributed by atoms with E-state index in [9.17, 15) is 18.0 Å². The molecule has 1 amide bonds. The van der Waals surface area contributed by atoms with Crippen LogP contribution in [-0.2, 0) is 11.0 Å². The number of alkyl halides is 3. The number of nitrogens with one attached hydrogen (secondary N) is 1. The van der Waals surface area contributed by atoms with Gasteiger partial charge in [-0.3, -0.25) is 4.79 Å². The summed E-state index contributed by atoms with van der Waals surface area (Å²) in [6.07, 6.45) is -1.14. The van der Waals surface area contributed by atoms with Gasteiger partial charge in [-0.05, 0) is 31.4 Å². The van der Waals surface area contributed by atoms with Crippen LogP contribution in [0.25, 0.3) is 0 Å². The zero-order valence-electron chi connectivity index (χ0n) is 13.1. The summed E-state index contributed by atoms with van der Waals surface area (Å²) in [6.45, 7) is 0.147. The van der Waals surface area contributed by atoms with Crippen molar-refractivity contribution in [2.75, 3.05) is 13.2 Å². The molecule has 8 heteroatoms. The molecule has 2 unspecified atom stereocenters. The van der Waals surface area contributed by atoms with E-state index >= 15 is 0 Å². The Balaban J connectivity index is 0.00000288. The summed E-state index contributed by atoms with van der Waals surface area (Å²) in [5.41, 5.74) is 5.02. The molecule has 2 rings (SSSR count). The van der Waals surface area contributed by atoms with Crippen LogP contribution in [0.5, 0.6) is 5.75 Å². The van der Waals surface area contributed by atoms with E-state index in [0.29, 0.717) is 6.42 Å². The number of hydrogen-bond acceptors (Lipinski definition) is 3. The van der Waals surface area contributed by atoms with Gasteiger partial charge in [0, 0.05) is 12.0 Å². The highest BCUT2D eigenvalue weighted by Crippen LogP contribution is 2.35. The molecule has 0 aliphatic heterocycles. The maximum absolute atomic E-state index is 12.8. The molecule has 0 saturated heterocycles. The lowest BCUT2D eigenvalue weighted by Gasteiger charge is -2.25. The Hall–Kier alpha value is -1.47. The van der Waals surface area contributed by atoms with Crippen molar-refractivity contribution in [2.45, 2.75) is 37.9 Å². The van der Waals surface area contributed by atoms with Crippen molar-refractivity contribution in [3.8, 4) is 5.75 Å². The zero-order valence-corrected chi connectivity index (χ0v) is 14.0. The Morgan fingerprint density at radius 2 is 2.00 bits per heavy atom. The number of carbonyl (C=O) groups excluding carboxylic acids is 1. The normalized spacial score (nSPS) is 20.8. The lowest BCUT2D eigenvalue weighted by molar-refractivity contribution is -0.139. The van der Waals surface area contributed by atoms with E-state index < -0.39 is 11.7 Å². The van der Waals surface area contributed by atoms with Crippen LogP contribution in [0, 0.1) is 5.92 Å². The Labute approximate surface area is 145 Å². The van der Waals surface area contributed by atoms with Gasteiger partial charge in [0.1, 0.15) is 12.4 Å². The first-order valence-electron chi connectivity index (χ1n) is 7.70. The van der Waals surface area contributed by atoms with Gasteiger partial charge in [0.25, 0.3) is 0 Å². The number of amides is 1. The van der Waals surface area contributed by atoms with Crippen LogP contribution in [-0.4, -0.2) is 25.1 Å². The van der Waals surface area contributed by atoms with Gasteiger partial charge < -0.3 is 15.8 Å². The molecule has 2 atom stereocenters. The molecule has 1 aromatic rings. The van der Waals surface area contributed by atoms with Crippen molar-refractivity contribution in [1.29, 1.82) is 0 Å². The van der Waals surface area contributed by atoms with Crippen LogP contribution in [0.4, 0.5) is 13.2 Å². The smallest absolute Gasteiger partial charge is 0.419 e. The fourth-order valence-electron chi connectivity index (χ4n) is 2.77. The highest BCUT2D eigenvalue weighted by Gasteiger charge is 2.34. The summed E-state index contributed by atoms with van der Waals surface area (Å²) in [4.78, 5) is 12.0. The first-order valence-corrected chi connectivity index (χ1v) is 7.70. The highest BCUT2D eigenvalue weighted by atomic mass is 35.5. The third kappa shape index (κ3) is 5.87. The van der Waals surface area contributed by atoms with E-state index in [4.69, 9.17) is 10.5 Å². The fourth-order valence-corrected chi connectivity index (χ4v) is 2.77. The molecule has 1 aliphatic rings. The molecule has 136 valence electrons. The molecular formula is C16H22ClF3N2O2. The molecule has 0 radical (unpaired) electrons. The van der Waals surface area contributed by atoms with E-state index in [0.717, 1.165) is 25.3 Å². The van der Waals surface area contributed by atoms with Crippen LogP contribution in [0.15, 0.2) is 24.3 Å². The van der Waals surface area contributed by atoms with Crippen LogP contribution in [0.3, 0.4) is 0 Å². The van der Waals surface area contributed by atoms with Gasteiger partial charge in [0.05, 0.1) is 12.1 Å². The van der Waals surface area contributed by atoms with Gasteiger partial charge in [-0.2, -0.15) is 13.2 Å². The monoisotopic (exact) mass is 366 g/mol. The first-order chi connectivity index (χ1) is 10.9. The van der Waals surface area contributed by atoms with Crippen LogP contribution < -0.4 is 15.8 Å². The van der Waals surface area contributed by atoms with Crippen molar-refractivity contribution < 1.29 is 22.7 Å². The summed E-state index contributed by atoms with van der Waals surface area (Å²) in [7, 11) is 0. The van der Waals surface area contributed by atoms with E-state index in [1.165, 1.54) is 18.2 Å². The van der Waals surface area contributed by atoms with E-state index in [1.807, 2.05) is 0 Å². The highest BCUT2D eigenvalue weighted by molar-refractivity contribution is 5.85. The van der Waals surface area contributed by atoms with Crippen LogP contribution in [0.2, 0.25) is 0 Å². The Kier molecular flexibility index (Phi) is 7.83. The third-order valence-corrected chi connectivity index (χ3v) is 3.94. The van der Waals surface area contributed by atoms with Crippen molar-refractivity contribution in [3.05, 3.63) is 29.8 Å². The van der Waals surface area contributed by atoms with Gasteiger partial charge in [-0.1, -0.05) is 18.6 Å². The second kappa shape index (κ2) is 9.13. The second-order valence-electron chi connectivity index (χ2n) is 5.76. The number of halogens is 4. The molecule has 0 heterocycles. The number of hydrogen-bond donors (Lipinski definition) is 2. The van der Waals surface area contributed by atoms with Gasteiger partial charge >= 0.3 is 6.18 Å². The molecule has 1 aliphatic carbocycles. The quantitative estimate of drug-likeness (QED) is 0.787. The van der Waals surface area contributed by atoms with E-state index in [-0.39, 0.29) is 49.2 Å². The van der Waals surface area contributed by atoms with Crippen molar-refractivity contribution in [1.82, 2.24) is 5.32 Å². The molecule has 24 heavy (non-hydrogen) atoms. The summed E-state index contributed by atoms with van der Waals surface area (Å²) >= 11 is 0. The first kappa shape index (κ1) is 20.6. The number of carbonyl (C=O) groups is 1. The lowest BCUT2D eigenvalue weighted by atomic mass is 9.85. The number of rotatable bonds is 5. The molecule has 1 saturated carbocycles. The van der Waals surface area contributed by atoms with Gasteiger partial charge in [0.2, 0.25) is 5.91 Å². The average molecular weight is 367 g/mol. The number of para-hydroxylation sites is 1. The second-order valence-corrected chi connectivity index (χ2v) is 5.76. The van der Waals surface area contributed by atoms with Gasteiger partial charge in [-0.15, -0.1) is 12.4 Å². The lowest BCUT2D eigenvalue weighted by Crippen LogP contribution is -2.39. The molecular weight excluding hydrogens is 345 g/mol. The standard InChI is InChI=1S/C16H21F3N2O2.ClH/c17-16(18,19)13-6-1-2-7-14(13)23-9-8-21-15(22)11-4-3-5-12(20)10-11;/h1-2,6-7,11-12H,3-5,8-10,20H2,(H,21,22);1H. The predicted octanol–water partition coefficient (Wildman–Crippen LogP) is 3.14. The molecule has 1 fully saturated rings. The topological polar surface area (TPSA) is 64.4 Å². The van der Waals surface area contributed by atoms with Crippen LogP contribution in [0.1, 0.15) is 31.2 Å². The summed E-state index contributed by atoms with van der Waals surface area (Å²) in [6, 6.07) is 5.08. The number of nitrogens with two attached hydrogens (primary N) is 1. The van der Waals surface area contributed by atoms with Gasteiger partial charge in [-0.25, -0.2) is 0 Å². The molecule has 0 bridgehead atoms. The maximum atomic E-state index is 12.8. The van der Waals surface area contributed by atoms with E-state index in [2.05, 4.69) is 5.32 Å². The third-order valence-electron chi connectivity index (χ3n) is 3.94. The van der Waals surface area contributed by atoms with Crippen molar-refractivity contribution in [3.63, 3.8) is 0 Å². The Morgan fingerprint density at radius 1 is 1.29 bits per heavy atom. The fraction of sp³-hybridized carbons (Fsp3) is 0.562. The molecule has 1 aromatic carbocycles. The van der Waals surface area contributed by atoms with Gasteiger partial charge in [0.15, 0.2) is 0 Å². The summed E-state index contributed by atoms with van der Waals surface area (Å²) in [5.74, 6) is -0.442. The minimum absolute atomic E-state index is 0. The largest absolute Gasteiger partial charge is 0.491 e. The Bertz CT molecular complexity index is 540. The molecule has 0 aromatic heterocycles. The number of benzene rings is 1. The molecule has 0 spiro atoms. The number of ether oxygens (including phenoxy) is 1. The molecule has 4 nitrogen and oxygen atoms in total. The molecule has 3 N–H and O–H groups in total. The van der Waals surface area contributed by atoms with Crippen molar-refractivity contribution in [2.24, 2.45) is 11.7 Å².